The van der Waals surface area contributed by atoms with Crippen LogP contribution in [0.5, 0.6) is 5.75 Å². The van der Waals surface area contributed by atoms with Gasteiger partial charge in [0.15, 0.2) is 0 Å². The molecule has 1 rings (SSSR count). The van der Waals surface area contributed by atoms with Crippen LogP contribution in [0.1, 0.15) is 42.5 Å². The van der Waals surface area contributed by atoms with Crippen LogP contribution >= 0.6 is 0 Å². The molecule has 0 aromatic heterocycles. The number of methoxy groups -OCH3 is 1. The van der Waals surface area contributed by atoms with Gasteiger partial charge in [0.1, 0.15) is 5.75 Å². The normalized spacial score (nSPS) is 12.2. The van der Waals surface area contributed by atoms with Gasteiger partial charge in [-0.05, 0) is 44.4 Å². The van der Waals surface area contributed by atoms with Crippen molar-refractivity contribution in [1.82, 2.24) is 5.32 Å². The molecule has 2 heteroatoms. The summed E-state index contributed by atoms with van der Waals surface area (Å²) in [6.07, 6.45) is 4.00. The predicted molar refractivity (Wildman–Crippen MR) is 78.3 cm³/mol. The summed E-state index contributed by atoms with van der Waals surface area (Å²) in [7, 11) is 1.75. The van der Waals surface area contributed by atoms with Crippen LogP contribution in [-0.2, 0) is 0 Å². The molecule has 0 aliphatic carbocycles. The van der Waals surface area contributed by atoms with Crippen LogP contribution in [0.2, 0.25) is 0 Å². The standard InChI is InChI=1S/C16H25NO/c1-6-8-15(17-11-7-2)14-10-9-12(3)13(4)16(14)18-5/h6,9-10,15,17H,1,7-8,11H2,2-5H3. The van der Waals surface area contributed by atoms with Crippen LogP contribution in [-0.4, -0.2) is 13.7 Å². The van der Waals surface area contributed by atoms with E-state index in [0.717, 1.165) is 25.1 Å². The highest BCUT2D eigenvalue weighted by Crippen LogP contribution is 2.32. The van der Waals surface area contributed by atoms with Gasteiger partial charge < -0.3 is 10.1 Å². The Morgan fingerprint density at radius 1 is 1.39 bits per heavy atom. The summed E-state index contributed by atoms with van der Waals surface area (Å²) < 4.78 is 5.59. The molecular formula is C16H25NO. The van der Waals surface area contributed by atoms with Crippen LogP contribution in [0.15, 0.2) is 24.8 Å². The lowest BCUT2D eigenvalue weighted by molar-refractivity contribution is 0.395. The molecule has 0 spiro atoms. The lowest BCUT2D eigenvalue weighted by Crippen LogP contribution is -2.22. The third kappa shape index (κ3) is 3.36. The molecule has 0 aliphatic rings. The number of ether oxygens (including phenoxy) is 1. The van der Waals surface area contributed by atoms with Gasteiger partial charge in [-0.25, -0.2) is 0 Å². The monoisotopic (exact) mass is 247 g/mol. The van der Waals surface area contributed by atoms with Gasteiger partial charge in [-0.1, -0.05) is 25.1 Å². The molecule has 0 amide bonds. The first-order valence-electron chi connectivity index (χ1n) is 6.64. The fourth-order valence-corrected chi connectivity index (χ4v) is 2.16. The number of nitrogens with one attached hydrogen (secondary N) is 1. The highest BCUT2D eigenvalue weighted by Gasteiger charge is 2.16. The minimum Gasteiger partial charge on any atom is -0.496 e. The molecule has 1 aromatic carbocycles. The van der Waals surface area contributed by atoms with Gasteiger partial charge in [-0.3, -0.25) is 0 Å². The van der Waals surface area contributed by atoms with Crippen molar-refractivity contribution in [3.63, 3.8) is 0 Å². The Bertz CT molecular complexity index is 398. The van der Waals surface area contributed by atoms with E-state index in [1.165, 1.54) is 16.7 Å². The van der Waals surface area contributed by atoms with E-state index in [1.54, 1.807) is 7.11 Å². The van der Waals surface area contributed by atoms with Crippen molar-refractivity contribution in [3.05, 3.63) is 41.5 Å². The van der Waals surface area contributed by atoms with Gasteiger partial charge in [0.2, 0.25) is 0 Å². The van der Waals surface area contributed by atoms with E-state index in [-0.39, 0.29) is 6.04 Å². The largest absolute Gasteiger partial charge is 0.496 e. The Morgan fingerprint density at radius 3 is 2.67 bits per heavy atom. The minimum absolute atomic E-state index is 0.289. The number of rotatable bonds is 7. The molecule has 0 radical (unpaired) electrons. The second kappa shape index (κ2) is 7.22. The van der Waals surface area contributed by atoms with Crippen molar-refractivity contribution in [1.29, 1.82) is 0 Å². The van der Waals surface area contributed by atoms with Gasteiger partial charge in [0, 0.05) is 11.6 Å². The number of hydrogen-bond acceptors (Lipinski definition) is 2. The first-order valence-corrected chi connectivity index (χ1v) is 6.64. The van der Waals surface area contributed by atoms with Crippen molar-refractivity contribution in [2.75, 3.05) is 13.7 Å². The van der Waals surface area contributed by atoms with Crippen LogP contribution in [0, 0.1) is 13.8 Å². The molecular weight excluding hydrogens is 222 g/mol. The molecule has 1 aromatic rings. The highest BCUT2D eigenvalue weighted by molar-refractivity contribution is 5.47. The maximum Gasteiger partial charge on any atom is 0.126 e. The van der Waals surface area contributed by atoms with E-state index in [1.807, 2.05) is 6.08 Å². The molecule has 0 saturated carbocycles. The van der Waals surface area contributed by atoms with Gasteiger partial charge in [-0.15, -0.1) is 6.58 Å². The summed E-state index contributed by atoms with van der Waals surface area (Å²) >= 11 is 0. The lowest BCUT2D eigenvalue weighted by atomic mass is 9.97. The molecule has 1 N–H and O–H groups in total. The van der Waals surface area contributed by atoms with E-state index >= 15 is 0 Å². The van der Waals surface area contributed by atoms with Crippen LogP contribution in [0.4, 0.5) is 0 Å². The lowest BCUT2D eigenvalue weighted by Gasteiger charge is -2.22. The zero-order valence-electron chi connectivity index (χ0n) is 12.0. The van der Waals surface area contributed by atoms with Crippen molar-refractivity contribution in [2.45, 2.75) is 39.7 Å². The fourth-order valence-electron chi connectivity index (χ4n) is 2.16. The minimum atomic E-state index is 0.289. The summed E-state index contributed by atoms with van der Waals surface area (Å²) in [6, 6.07) is 4.62. The fraction of sp³-hybridized carbons (Fsp3) is 0.500. The Kier molecular flexibility index (Phi) is 5.93. The maximum absolute atomic E-state index is 5.59. The molecule has 0 saturated heterocycles. The van der Waals surface area contributed by atoms with E-state index in [9.17, 15) is 0 Å². The number of aryl methyl sites for hydroxylation is 1. The number of hydrogen-bond donors (Lipinski definition) is 1. The predicted octanol–water partition coefficient (Wildman–Crippen LogP) is 3.93. The Hall–Kier alpha value is -1.28. The van der Waals surface area contributed by atoms with Crippen LogP contribution in [0.3, 0.4) is 0 Å². The summed E-state index contributed by atoms with van der Waals surface area (Å²) in [4.78, 5) is 0. The smallest absolute Gasteiger partial charge is 0.126 e. The Morgan fingerprint density at radius 2 is 2.11 bits per heavy atom. The second-order valence-electron chi connectivity index (χ2n) is 4.66. The molecule has 100 valence electrons. The molecule has 0 fully saturated rings. The molecule has 0 bridgehead atoms. The van der Waals surface area contributed by atoms with Crippen LogP contribution in [0.25, 0.3) is 0 Å². The third-order valence-corrected chi connectivity index (χ3v) is 3.33. The summed E-state index contributed by atoms with van der Waals surface area (Å²) in [5.74, 6) is 1.01. The third-order valence-electron chi connectivity index (χ3n) is 3.33. The zero-order chi connectivity index (χ0) is 13.5. The van der Waals surface area contributed by atoms with Gasteiger partial charge >= 0.3 is 0 Å². The van der Waals surface area contributed by atoms with Crippen molar-refractivity contribution in [3.8, 4) is 5.75 Å². The molecule has 2 nitrogen and oxygen atoms in total. The van der Waals surface area contributed by atoms with Crippen molar-refractivity contribution < 1.29 is 4.74 Å². The molecule has 0 heterocycles. The van der Waals surface area contributed by atoms with Gasteiger partial charge in [0.05, 0.1) is 7.11 Å². The second-order valence-corrected chi connectivity index (χ2v) is 4.66. The maximum atomic E-state index is 5.59. The first-order chi connectivity index (χ1) is 8.65. The SMILES string of the molecule is C=CCC(NCCC)c1ccc(C)c(C)c1OC. The topological polar surface area (TPSA) is 21.3 Å². The molecule has 1 unspecified atom stereocenters. The summed E-state index contributed by atoms with van der Waals surface area (Å²) in [6.45, 7) is 11.3. The van der Waals surface area contributed by atoms with E-state index in [0.29, 0.717) is 0 Å². The van der Waals surface area contributed by atoms with Crippen LogP contribution < -0.4 is 10.1 Å². The van der Waals surface area contributed by atoms with E-state index in [2.05, 4.69) is 44.8 Å². The highest BCUT2D eigenvalue weighted by atomic mass is 16.5. The van der Waals surface area contributed by atoms with E-state index in [4.69, 9.17) is 4.74 Å². The quantitative estimate of drug-likeness (QED) is 0.737. The average molecular weight is 247 g/mol. The molecule has 0 aliphatic heterocycles. The van der Waals surface area contributed by atoms with E-state index < -0.39 is 0 Å². The average Bonchev–Trinajstić information content (AvgIpc) is 2.37. The number of benzene rings is 1. The summed E-state index contributed by atoms with van der Waals surface area (Å²) in [5, 5.41) is 3.56. The summed E-state index contributed by atoms with van der Waals surface area (Å²) in [5.41, 5.74) is 3.72. The Labute approximate surface area is 111 Å². The molecule has 18 heavy (non-hydrogen) atoms. The van der Waals surface area contributed by atoms with Gasteiger partial charge in [0.25, 0.3) is 0 Å². The van der Waals surface area contributed by atoms with Gasteiger partial charge in [-0.2, -0.15) is 0 Å². The Balaban J connectivity index is 3.10. The van der Waals surface area contributed by atoms with Crippen molar-refractivity contribution in [2.24, 2.45) is 0 Å². The van der Waals surface area contributed by atoms with Crippen molar-refractivity contribution >= 4 is 0 Å². The molecule has 1 atom stereocenters. The first kappa shape index (κ1) is 14.8. The zero-order valence-corrected chi connectivity index (χ0v) is 12.0.